The lowest BCUT2D eigenvalue weighted by atomic mass is 10.1. The number of hydrogen-bond acceptors (Lipinski definition) is 2. The second kappa shape index (κ2) is 7.76. The predicted molar refractivity (Wildman–Crippen MR) is 85.5 cm³/mol. The van der Waals surface area contributed by atoms with Crippen LogP contribution >= 0.6 is 11.6 Å². The van der Waals surface area contributed by atoms with E-state index in [0.717, 1.165) is 29.4 Å². The molecule has 1 aromatic carbocycles. The zero-order valence-electron chi connectivity index (χ0n) is 12.6. The molecule has 3 heteroatoms. The van der Waals surface area contributed by atoms with Crippen LogP contribution in [0.1, 0.15) is 46.1 Å². The Balaban J connectivity index is 2.89. The molecule has 0 spiro atoms. The van der Waals surface area contributed by atoms with Crippen LogP contribution in [0.2, 0.25) is 5.02 Å². The highest BCUT2D eigenvalue weighted by atomic mass is 35.5. The number of halogens is 1. The van der Waals surface area contributed by atoms with Crippen LogP contribution < -0.4 is 5.73 Å². The van der Waals surface area contributed by atoms with Gasteiger partial charge in [-0.1, -0.05) is 39.3 Å². The maximum absolute atomic E-state index is 6.29. The molecule has 2 N–H and O–H groups in total. The lowest BCUT2D eigenvalue weighted by Gasteiger charge is -2.32. The van der Waals surface area contributed by atoms with Gasteiger partial charge < -0.3 is 5.73 Å². The topological polar surface area (TPSA) is 29.3 Å². The Morgan fingerprint density at radius 1 is 1.21 bits per heavy atom. The fourth-order valence-corrected chi connectivity index (χ4v) is 2.73. The summed E-state index contributed by atoms with van der Waals surface area (Å²) in [7, 11) is 0. The van der Waals surface area contributed by atoms with Crippen LogP contribution in [0.25, 0.3) is 0 Å². The summed E-state index contributed by atoms with van der Waals surface area (Å²) < 4.78 is 0. The normalized spacial score (nSPS) is 11.8. The van der Waals surface area contributed by atoms with Gasteiger partial charge in [0.1, 0.15) is 0 Å². The second-order valence-electron chi connectivity index (χ2n) is 5.64. The molecule has 0 atom stereocenters. The number of nitrogens with two attached hydrogens (primary N) is 1. The van der Waals surface area contributed by atoms with Crippen molar-refractivity contribution in [2.24, 2.45) is 5.92 Å². The summed E-state index contributed by atoms with van der Waals surface area (Å²) >= 11 is 6.29. The summed E-state index contributed by atoms with van der Waals surface area (Å²) in [6.45, 7) is 11.0. The average Bonchev–Trinajstić information content (AvgIpc) is 2.34. The molecule has 0 radical (unpaired) electrons. The zero-order valence-corrected chi connectivity index (χ0v) is 13.4. The van der Waals surface area contributed by atoms with Gasteiger partial charge in [-0.05, 0) is 42.5 Å². The Kier molecular flexibility index (Phi) is 6.67. The molecule has 0 aromatic heterocycles. The Morgan fingerprint density at radius 3 is 2.37 bits per heavy atom. The lowest BCUT2D eigenvalue weighted by Crippen LogP contribution is -2.36. The number of nitrogens with zero attached hydrogens (tertiary/aromatic N) is 1. The first-order valence-corrected chi connectivity index (χ1v) is 7.63. The summed E-state index contributed by atoms with van der Waals surface area (Å²) in [6.07, 6.45) is 2.34. The van der Waals surface area contributed by atoms with E-state index >= 15 is 0 Å². The molecule has 0 saturated carbocycles. The lowest BCUT2D eigenvalue weighted by molar-refractivity contribution is 0.157. The van der Waals surface area contributed by atoms with E-state index in [0.29, 0.717) is 12.0 Å². The minimum absolute atomic E-state index is 0.611. The summed E-state index contributed by atoms with van der Waals surface area (Å²) in [5, 5.41) is 0.814. The second-order valence-corrected chi connectivity index (χ2v) is 6.05. The Labute approximate surface area is 122 Å². The molecule has 0 bridgehead atoms. The van der Waals surface area contributed by atoms with Gasteiger partial charge in [-0.2, -0.15) is 0 Å². The Morgan fingerprint density at radius 2 is 1.84 bits per heavy atom. The molecule has 2 nitrogen and oxygen atoms in total. The number of anilines is 1. The molecule has 0 heterocycles. The van der Waals surface area contributed by atoms with Gasteiger partial charge in [-0.25, -0.2) is 0 Å². The molecule has 0 saturated heterocycles. The van der Waals surface area contributed by atoms with Crippen LogP contribution in [0.15, 0.2) is 18.2 Å². The molecule has 1 aromatic rings. The highest BCUT2D eigenvalue weighted by molar-refractivity contribution is 6.31. The van der Waals surface area contributed by atoms with E-state index < -0.39 is 0 Å². The van der Waals surface area contributed by atoms with E-state index in [1.807, 2.05) is 18.2 Å². The van der Waals surface area contributed by atoms with Crippen molar-refractivity contribution in [3.63, 3.8) is 0 Å². The smallest absolute Gasteiger partial charge is 0.0452 e. The molecular formula is C16H27ClN2. The van der Waals surface area contributed by atoms with Crippen molar-refractivity contribution < 1.29 is 0 Å². The summed E-state index contributed by atoms with van der Waals surface area (Å²) in [6, 6.07) is 6.36. The van der Waals surface area contributed by atoms with Crippen LogP contribution in [0, 0.1) is 5.92 Å². The molecule has 0 aliphatic carbocycles. The summed E-state index contributed by atoms with van der Waals surface area (Å²) in [5.74, 6) is 0.653. The molecular weight excluding hydrogens is 256 g/mol. The van der Waals surface area contributed by atoms with Crippen molar-refractivity contribution >= 4 is 17.3 Å². The van der Waals surface area contributed by atoms with Gasteiger partial charge in [0, 0.05) is 29.8 Å². The first-order valence-electron chi connectivity index (χ1n) is 7.25. The zero-order chi connectivity index (χ0) is 14.4. The van der Waals surface area contributed by atoms with E-state index in [9.17, 15) is 0 Å². The van der Waals surface area contributed by atoms with E-state index in [1.165, 1.54) is 12.8 Å². The third-order valence-electron chi connectivity index (χ3n) is 3.50. The van der Waals surface area contributed by atoms with Gasteiger partial charge in [-0.3, -0.25) is 4.90 Å². The minimum atomic E-state index is 0.611. The van der Waals surface area contributed by atoms with E-state index in [-0.39, 0.29) is 0 Å². The molecule has 0 fully saturated rings. The fourth-order valence-electron chi connectivity index (χ4n) is 2.55. The maximum Gasteiger partial charge on any atom is 0.0452 e. The number of rotatable bonds is 7. The largest absolute Gasteiger partial charge is 0.399 e. The van der Waals surface area contributed by atoms with E-state index in [4.69, 9.17) is 17.3 Å². The molecule has 0 amide bonds. The monoisotopic (exact) mass is 282 g/mol. The average molecular weight is 283 g/mol. The Bertz CT molecular complexity index is 386. The van der Waals surface area contributed by atoms with Gasteiger partial charge in [0.25, 0.3) is 0 Å². The summed E-state index contributed by atoms with van der Waals surface area (Å²) in [4.78, 5) is 2.53. The van der Waals surface area contributed by atoms with Gasteiger partial charge in [0.05, 0.1) is 0 Å². The Hall–Kier alpha value is -0.730. The van der Waals surface area contributed by atoms with Crippen molar-refractivity contribution in [1.29, 1.82) is 0 Å². The first kappa shape index (κ1) is 16.3. The van der Waals surface area contributed by atoms with Crippen LogP contribution in [-0.4, -0.2) is 17.5 Å². The van der Waals surface area contributed by atoms with Gasteiger partial charge in [0.15, 0.2) is 0 Å². The molecule has 0 aliphatic rings. The van der Waals surface area contributed by atoms with Crippen LogP contribution in [0.5, 0.6) is 0 Å². The van der Waals surface area contributed by atoms with Crippen molar-refractivity contribution in [3.8, 4) is 0 Å². The number of benzene rings is 1. The van der Waals surface area contributed by atoms with Crippen molar-refractivity contribution in [2.45, 2.75) is 53.1 Å². The van der Waals surface area contributed by atoms with Crippen LogP contribution in [-0.2, 0) is 6.54 Å². The summed E-state index contributed by atoms with van der Waals surface area (Å²) in [5.41, 5.74) is 7.79. The van der Waals surface area contributed by atoms with Gasteiger partial charge in [0.2, 0.25) is 0 Å². The van der Waals surface area contributed by atoms with Crippen molar-refractivity contribution in [2.75, 3.05) is 12.3 Å². The SMILES string of the molecule is CCC(CC)N(Cc1cc(N)ccc1Cl)CC(C)C. The van der Waals surface area contributed by atoms with Crippen LogP contribution in [0.3, 0.4) is 0 Å². The highest BCUT2D eigenvalue weighted by Gasteiger charge is 2.17. The number of hydrogen-bond donors (Lipinski definition) is 1. The highest BCUT2D eigenvalue weighted by Crippen LogP contribution is 2.23. The van der Waals surface area contributed by atoms with E-state index in [2.05, 4.69) is 32.6 Å². The predicted octanol–water partition coefficient (Wildman–Crippen LogP) is 4.57. The first-order chi connectivity index (χ1) is 8.97. The molecule has 1 rings (SSSR count). The van der Waals surface area contributed by atoms with Crippen LogP contribution in [0.4, 0.5) is 5.69 Å². The quantitative estimate of drug-likeness (QED) is 0.742. The van der Waals surface area contributed by atoms with Crippen molar-refractivity contribution in [3.05, 3.63) is 28.8 Å². The minimum Gasteiger partial charge on any atom is -0.399 e. The number of nitrogen functional groups attached to an aromatic ring is 1. The van der Waals surface area contributed by atoms with Gasteiger partial charge in [-0.15, -0.1) is 0 Å². The van der Waals surface area contributed by atoms with Gasteiger partial charge >= 0.3 is 0 Å². The van der Waals surface area contributed by atoms with E-state index in [1.54, 1.807) is 0 Å². The molecule has 0 aliphatic heterocycles. The third kappa shape index (κ3) is 5.04. The van der Waals surface area contributed by atoms with Crippen molar-refractivity contribution in [1.82, 2.24) is 4.90 Å². The molecule has 108 valence electrons. The fraction of sp³-hybridized carbons (Fsp3) is 0.625. The standard InChI is InChI=1S/C16H27ClN2/c1-5-15(6-2)19(10-12(3)4)11-13-9-14(18)7-8-16(13)17/h7-9,12,15H,5-6,10-11,18H2,1-4H3. The molecule has 19 heavy (non-hydrogen) atoms. The molecule has 0 unspecified atom stereocenters. The third-order valence-corrected chi connectivity index (χ3v) is 3.87. The maximum atomic E-state index is 6.29.